The van der Waals surface area contributed by atoms with Gasteiger partial charge in [-0.25, -0.2) is 18.7 Å². The Kier molecular flexibility index (Phi) is 24.5. The maximum absolute atomic E-state index is 13.7. The third-order valence-corrected chi connectivity index (χ3v) is 23.2. The molecule has 0 spiro atoms. The number of methoxy groups -OCH3 is 2. The van der Waals surface area contributed by atoms with Crippen LogP contribution in [-0.2, 0) is 54.6 Å². The normalized spacial score (nSPS) is 19.4. The lowest BCUT2D eigenvalue weighted by atomic mass is 9.75. The summed E-state index contributed by atoms with van der Waals surface area (Å²) in [6.07, 6.45) is 2.79. The van der Waals surface area contributed by atoms with Gasteiger partial charge in [-0.2, -0.15) is 17.6 Å². The van der Waals surface area contributed by atoms with Crippen LogP contribution in [0.15, 0.2) is 159 Å². The number of hydrogen-bond acceptors (Lipinski definition) is 16. The fourth-order valence-corrected chi connectivity index (χ4v) is 15.9. The second-order valence-corrected chi connectivity index (χ2v) is 30.9. The Morgan fingerprint density at radius 2 is 0.927 bits per heavy atom. The van der Waals surface area contributed by atoms with Gasteiger partial charge in [-0.1, -0.05) is 119 Å². The van der Waals surface area contributed by atoms with Crippen LogP contribution in [0.5, 0.6) is 11.5 Å². The lowest BCUT2D eigenvalue weighted by Gasteiger charge is -2.32. The van der Waals surface area contributed by atoms with Crippen molar-refractivity contribution in [3.63, 3.8) is 0 Å². The summed E-state index contributed by atoms with van der Waals surface area (Å²) in [5, 5.41) is 0. The largest absolute Gasteiger partial charge is 0.495 e. The maximum Gasteiger partial charge on any atom is 0.495 e. The first-order valence-corrected chi connectivity index (χ1v) is 38.2. The second kappa shape index (κ2) is 34.0. The van der Waals surface area contributed by atoms with Gasteiger partial charge in [0.05, 0.1) is 25.4 Å². The van der Waals surface area contributed by atoms with Gasteiger partial charge in [0, 0.05) is 91.2 Å². The number of hydrogen-bond donors (Lipinski definition) is 0. The first-order chi connectivity index (χ1) is 52.7. The minimum Gasteiger partial charge on any atom is -0.468 e. The molecule has 5 aliphatic rings. The molecule has 7 heterocycles. The van der Waals surface area contributed by atoms with E-state index < -0.39 is 56.0 Å². The smallest absolute Gasteiger partial charge is 0.468 e. The summed E-state index contributed by atoms with van der Waals surface area (Å²) in [6.45, 7) is 16.2. The highest BCUT2D eigenvalue weighted by Gasteiger charge is 2.52. The van der Waals surface area contributed by atoms with Gasteiger partial charge >= 0.3 is 32.3 Å². The van der Waals surface area contributed by atoms with Gasteiger partial charge in [-0.3, -0.25) is 29.2 Å². The van der Waals surface area contributed by atoms with Crippen LogP contribution in [0.2, 0.25) is 0 Å². The fraction of sp³-hybridized carbons (Fsp3) is 0.395. The van der Waals surface area contributed by atoms with Crippen LogP contribution in [0.3, 0.4) is 0 Å². The fourth-order valence-electron chi connectivity index (χ4n) is 15.5. The van der Waals surface area contributed by atoms with Crippen LogP contribution in [0.1, 0.15) is 111 Å². The van der Waals surface area contributed by atoms with Crippen molar-refractivity contribution in [2.24, 2.45) is 0 Å². The molecular weight excluding hydrogens is 1480 g/mol. The molecule has 0 bridgehead atoms. The number of esters is 2. The number of benzene rings is 8. The van der Waals surface area contributed by atoms with Gasteiger partial charge in [0.1, 0.15) is 47.0 Å². The van der Waals surface area contributed by atoms with E-state index in [4.69, 9.17) is 42.1 Å². The zero-order valence-corrected chi connectivity index (χ0v) is 65.2. The van der Waals surface area contributed by atoms with Crippen LogP contribution in [0.4, 0.5) is 26.3 Å². The van der Waals surface area contributed by atoms with Crippen molar-refractivity contribution in [1.29, 1.82) is 0 Å². The molecule has 16 nitrogen and oxygen atoms in total. The molecule has 4 atom stereocenters. The number of rotatable bonds is 20. The standard InChI is InChI=1S/C40H40F3N3O4.C28H33BF2N2O6.C18H19BrFN/c1-24-30(27-14-12-26(13-15-27)21-45-18-16-29(41)23-45)7-4-8-31(24)32-9-5-10-33(25(32)2)38-44-34-19-28(36(50-40(42)43)20-37(34)49-38)22-46-17-6-11-35(46)39(47)48-3;1-16-18(9-7-10-19(16)29-38-27(2,3)28(4,5)39-29)24-32-20-14-22(37-26(30)31)17(13-23(20)36-24)15-33-12-8-11-21(33)25(34)35-6;1-13-17(3-2-4-18(13)19)15-7-5-14(6-8-15)11-21-10-9-16(20)12-21/h4-5,7-10,12-15,19-20,29,35,40H,6,11,16-18,21-23H2,1-3H3;7,9-10,13-14,21,26H,8,11-12,15H2,1-6H3;2-8,16H,9-12H2,1H3/t;21-;/m.0./s1. The molecule has 5 saturated heterocycles. The summed E-state index contributed by atoms with van der Waals surface area (Å²) >= 11 is 3.58. The highest BCUT2D eigenvalue weighted by molar-refractivity contribution is 9.10. The van der Waals surface area contributed by atoms with Gasteiger partial charge in [-0.15, -0.1) is 0 Å². The van der Waals surface area contributed by atoms with E-state index in [-0.39, 0.29) is 36.5 Å². The molecule has 0 aliphatic carbocycles. The highest BCUT2D eigenvalue weighted by Crippen LogP contribution is 2.42. The number of alkyl halides is 6. The lowest BCUT2D eigenvalue weighted by Crippen LogP contribution is -2.41. The van der Waals surface area contributed by atoms with E-state index in [0.717, 1.165) is 99.0 Å². The molecule has 5 aliphatic heterocycles. The zero-order valence-electron chi connectivity index (χ0n) is 63.6. The second-order valence-electron chi connectivity index (χ2n) is 30.1. The van der Waals surface area contributed by atoms with E-state index in [0.29, 0.717) is 97.0 Å². The third kappa shape index (κ3) is 17.7. The van der Waals surface area contributed by atoms with Crippen LogP contribution >= 0.6 is 15.9 Å². The Labute approximate surface area is 646 Å². The molecule has 5 fully saturated rings. The molecule has 2 aromatic heterocycles. The summed E-state index contributed by atoms with van der Waals surface area (Å²) < 4.78 is 126. The van der Waals surface area contributed by atoms with Crippen molar-refractivity contribution in [2.45, 2.75) is 169 Å². The van der Waals surface area contributed by atoms with E-state index in [1.54, 1.807) is 12.1 Å². The first kappa shape index (κ1) is 79.2. The molecule has 578 valence electrons. The molecule has 8 aromatic carbocycles. The van der Waals surface area contributed by atoms with E-state index in [1.165, 1.54) is 54.2 Å². The maximum atomic E-state index is 13.7. The topological polar surface area (TPSA) is 155 Å². The van der Waals surface area contributed by atoms with Crippen LogP contribution in [-0.4, -0.2) is 151 Å². The van der Waals surface area contributed by atoms with Crippen LogP contribution in [0, 0.1) is 27.7 Å². The predicted octanol–water partition coefficient (Wildman–Crippen LogP) is 18.5. The number of oxazole rings is 2. The highest BCUT2D eigenvalue weighted by atomic mass is 79.9. The van der Waals surface area contributed by atoms with Crippen molar-refractivity contribution < 1.29 is 73.0 Å². The molecule has 110 heavy (non-hydrogen) atoms. The molecule has 0 radical (unpaired) electrons. The minimum absolute atomic E-state index is 0.00411. The number of carbonyl (C=O) groups is 2. The third-order valence-electron chi connectivity index (χ3n) is 22.3. The lowest BCUT2D eigenvalue weighted by molar-refractivity contribution is -0.146. The summed E-state index contributed by atoms with van der Waals surface area (Å²) in [5.74, 6) is 0.00846. The first-order valence-electron chi connectivity index (χ1n) is 37.4. The molecule has 0 amide bonds. The van der Waals surface area contributed by atoms with E-state index >= 15 is 0 Å². The minimum atomic E-state index is -3.03. The van der Waals surface area contributed by atoms with E-state index in [2.05, 4.69) is 136 Å². The number of aromatic nitrogens is 2. The van der Waals surface area contributed by atoms with Crippen LogP contribution < -0.4 is 14.9 Å². The van der Waals surface area contributed by atoms with Crippen molar-refractivity contribution in [1.82, 2.24) is 29.6 Å². The molecule has 10 aromatic rings. The zero-order chi connectivity index (χ0) is 77.9. The Hall–Kier alpha value is -8.88. The summed E-state index contributed by atoms with van der Waals surface area (Å²) in [6, 6.07) is 46.8. The average molecular weight is 1570 g/mol. The van der Waals surface area contributed by atoms with Gasteiger partial charge in [0.2, 0.25) is 11.8 Å². The number of likely N-dealkylation sites (tertiary alicyclic amines) is 4. The number of halogens is 7. The van der Waals surface area contributed by atoms with Crippen molar-refractivity contribution in [2.75, 3.05) is 53.5 Å². The number of nitrogens with zero attached hydrogens (tertiary/aromatic N) is 6. The quantitative estimate of drug-likeness (QED) is 0.0403. The predicted molar refractivity (Wildman–Crippen MR) is 418 cm³/mol. The molecule has 0 saturated carbocycles. The Bertz CT molecular complexity index is 4930. The Morgan fingerprint density at radius 3 is 1.41 bits per heavy atom. The van der Waals surface area contributed by atoms with Crippen molar-refractivity contribution in [3.8, 4) is 67.8 Å². The van der Waals surface area contributed by atoms with Crippen molar-refractivity contribution in [3.05, 3.63) is 195 Å². The molecule has 0 N–H and O–H groups in total. The van der Waals surface area contributed by atoms with Crippen LogP contribution in [0.25, 0.3) is 78.5 Å². The monoisotopic (exact) mass is 1570 g/mol. The Morgan fingerprint density at radius 1 is 0.509 bits per heavy atom. The van der Waals surface area contributed by atoms with E-state index in [9.17, 15) is 35.9 Å². The molecule has 15 rings (SSSR count). The van der Waals surface area contributed by atoms with Gasteiger partial charge in [0.25, 0.3) is 0 Å². The number of fused-ring (bicyclic) bond motifs is 2. The molecule has 24 heteroatoms. The number of ether oxygens (including phenoxy) is 4. The Balaban J connectivity index is 0.000000157. The van der Waals surface area contributed by atoms with Gasteiger partial charge in [0.15, 0.2) is 11.2 Å². The van der Waals surface area contributed by atoms with Gasteiger partial charge < -0.3 is 37.1 Å². The summed E-state index contributed by atoms with van der Waals surface area (Å²) in [7, 11) is 2.14. The molecular formula is C86H92BBrF6N6O10. The van der Waals surface area contributed by atoms with Gasteiger partial charge in [-0.05, 0) is 210 Å². The summed E-state index contributed by atoms with van der Waals surface area (Å²) in [4.78, 5) is 42.1. The average Bonchev–Trinajstić information content (AvgIpc) is 1.54. The number of carbonyl (C=O) groups excluding carboxylic acids is 2. The SMILES string of the molecule is COC(=O)C1CCCN1Cc1cc2nc(-c3cccc(-c4cccc(-c5ccc(CN6CCC(F)C6)cc5)c4C)c3C)oc2cc1OC(F)F.COC(=O)[C@@H]1CCCN1Cc1cc2oc(-c3cccc(B4OC(C)(C)C(C)(C)O4)c3C)nc2cc1OC(F)F.Cc1c(Br)cccc1-c1ccc(CN2CCC(F)C2)cc1. The molecule has 3 unspecified atom stereocenters. The van der Waals surface area contributed by atoms with Crippen molar-refractivity contribution >= 4 is 62.6 Å². The van der Waals surface area contributed by atoms with E-state index in [1.807, 2.05) is 81.7 Å². The summed E-state index contributed by atoms with van der Waals surface area (Å²) in [5.41, 5.74) is 17.5.